The number of hydrogen-bond donors (Lipinski definition) is 1. The topological polar surface area (TPSA) is 67.9 Å². The maximum absolute atomic E-state index is 13.3. The summed E-state index contributed by atoms with van der Waals surface area (Å²) >= 11 is 0. The van der Waals surface area contributed by atoms with E-state index in [-0.39, 0.29) is 23.8 Å². The number of hydrogen-bond acceptors (Lipinski definition) is 4. The van der Waals surface area contributed by atoms with Gasteiger partial charge in [-0.1, -0.05) is 37.1 Å². The summed E-state index contributed by atoms with van der Waals surface area (Å²) in [5, 5.41) is 3.08. The number of ether oxygens (including phenoxy) is 2. The van der Waals surface area contributed by atoms with Gasteiger partial charge in [-0.05, 0) is 42.9 Å². The molecule has 1 saturated carbocycles. The van der Waals surface area contributed by atoms with Gasteiger partial charge in [0.1, 0.15) is 11.4 Å². The molecule has 2 bridgehead atoms. The molecule has 2 amide bonds. The van der Waals surface area contributed by atoms with E-state index >= 15 is 0 Å². The highest BCUT2D eigenvalue weighted by Gasteiger charge is 2.67. The number of carbonyl (C=O) groups excluding carboxylic acids is 2. The van der Waals surface area contributed by atoms with Crippen LogP contribution in [0.25, 0.3) is 0 Å². The smallest absolute Gasteiger partial charge is 0.230 e. The van der Waals surface area contributed by atoms with Crippen LogP contribution in [0.4, 0.5) is 0 Å². The third-order valence-electron chi connectivity index (χ3n) is 7.64. The van der Waals surface area contributed by atoms with Crippen molar-refractivity contribution in [2.24, 2.45) is 11.8 Å². The number of benzene rings is 1. The molecule has 1 aromatic carbocycles. The molecule has 30 heavy (non-hydrogen) atoms. The Hall–Kier alpha value is -2.34. The van der Waals surface area contributed by atoms with Gasteiger partial charge in [0.15, 0.2) is 0 Å². The van der Waals surface area contributed by atoms with E-state index in [1.165, 1.54) is 18.4 Å². The van der Waals surface area contributed by atoms with Crippen LogP contribution in [0.5, 0.6) is 5.75 Å². The van der Waals surface area contributed by atoms with E-state index in [1.54, 1.807) is 0 Å². The largest absolute Gasteiger partial charge is 0.493 e. The van der Waals surface area contributed by atoms with E-state index in [0.29, 0.717) is 19.1 Å². The zero-order valence-corrected chi connectivity index (χ0v) is 17.1. The maximum Gasteiger partial charge on any atom is 0.230 e. The van der Waals surface area contributed by atoms with Gasteiger partial charge in [0.05, 0.1) is 31.1 Å². The molecule has 5 aliphatic rings. The maximum atomic E-state index is 13.3. The van der Waals surface area contributed by atoms with Crippen molar-refractivity contribution in [3.05, 3.63) is 41.5 Å². The van der Waals surface area contributed by atoms with Gasteiger partial charge in [-0.3, -0.25) is 9.59 Å². The molecule has 6 nitrogen and oxygen atoms in total. The van der Waals surface area contributed by atoms with Gasteiger partial charge >= 0.3 is 0 Å². The minimum atomic E-state index is -0.602. The minimum Gasteiger partial charge on any atom is -0.493 e. The second kappa shape index (κ2) is 6.84. The summed E-state index contributed by atoms with van der Waals surface area (Å²) in [6.07, 6.45) is 10.3. The van der Waals surface area contributed by atoms with Gasteiger partial charge < -0.3 is 19.7 Å². The predicted octanol–water partition coefficient (Wildman–Crippen LogP) is 2.35. The molecule has 3 fully saturated rings. The van der Waals surface area contributed by atoms with Gasteiger partial charge in [-0.2, -0.15) is 0 Å². The molecule has 0 radical (unpaired) electrons. The Morgan fingerprint density at radius 1 is 1.23 bits per heavy atom. The molecular weight excluding hydrogens is 380 g/mol. The van der Waals surface area contributed by atoms with Crippen LogP contribution in [-0.2, 0) is 27.3 Å². The fourth-order valence-electron chi connectivity index (χ4n) is 6.18. The van der Waals surface area contributed by atoms with Crippen LogP contribution >= 0.6 is 0 Å². The van der Waals surface area contributed by atoms with Crippen molar-refractivity contribution in [3.8, 4) is 5.75 Å². The quantitative estimate of drug-likeness (QED) is 0.777. The summed E-state index contributed by atoms with van der Waals surface area (Å²) in [5.41, 5.74) is 1.67. The zero-order chi connectivity index (χ0) is 20.3. The molecule has 1 spiro atoms. The van der Waals surface area contributed by atoms with Crippen LogP contribution < -0.4 is 10.1 Å². The van der Waals surface area contributed by atoms with Crippen molar-refractivity contribution in [1.82, 2.24) is 10.2 Å². The number of rotatable bonds is 4. The Balaban J connectivity index is 1.18. The first-order chi connectivity index (χ1) is 14.6. The minimum absolute atomic E-state index is 0.0770. The average Bonchev–Trinajstić information content (AvgIpc) is 3.54. The SMILES string of the molecule is O=C(NCc1ccc2c(c1)CCCO2)[C@H]1[C@H]2C=C[C@@]3(CN(C4CCCC4)C(=O)[C@@H]13)O2. The first-order valence-electron chi connectivity index (χ1n) is 11.3. The standard InChI is InChI=1S/C24H28N2O4/c27-22(25-13-15-7-8-18-16(12-15)4-3-11-29-18)20-19-9-10-24(30-19)14-26(23(28)21(20)24)17-5-1-2-6-17/h7-10,12,17,19-21H,1-6,11,13-14H2,(H,25,27)/t19-,20+,21-,24+/m1/s1. The highest BCUT2D eigenvalue weighted by Crippen LogP contribution is 2.53. The van der Waals surface area contributed by atoms with Gasteiger partial charge in [0, 0.05) is 12.6 Å². The summed E-state index contributed by atoms with van der Waals surface area (Å²) in [4.78, 5) is 28.5. The summed E-state index contributed by atoms with van der Waals surface area (Å²) in [5.74, 6) is 0.167. The summed E-state index contributed by atoms with van der Waals surface area (Å²) in [6, 6.07) is 6.44. The van der Waals surface area contributed by atoms with Crippen LogP contribution in [0.3, 0.4) is 0 Å². The fraction of sp³-hybridized carbons (Fsp3) is 0.583. The highest BCUT2D eigenvalue weighted by molar-refractivity contribution is 5.93. The molecule has 1 aliphatic carbocycles. The Labute approximate surface area is 176 Å². The van der Waals surface area contributed by atoms with Crippen LogP contribution in [0, 0.1) is 11.8 Å². The number of fused-ring (bicyclic) bond motifs is 2. The van der Waals surface area contributed by atoms with Gasteiger partial charge in [0.25, 0.3) is 0 Å². The van der Waals surface area contributed by atoms with Gasteiger partial charge in [-0.15, -0.1) is 0 Å². The summed E-state index contributed by atoms with van der Waals surface area (Å²) in [6.45, 7) is 1.83. The number of aryl methyl sites for hydroxylation is 1. The van der Waals surface area contributed by atoms with Crippen molar-refractivity contribution < 1.29 is 19.1 Å². The fourth-order valence-corrected chi connectivity index (χ4v) is 6.18. The number of amides is 2. The number of nitrogens with zero attached hydrogens (tertiary/aromatic N) is 1. The lowest BCUT2D eigenvalue weighted by atomic mass is 9.77. The monoisotopic (exact) mass is 408 g/mol. The Morgan fingerprint density at radius 2 is 2.10 bits per heavy atom. The van der Waals surface area contributed by atoms with E-state index in [4.69, 9.17) is 9.47 Å². The molecule has 2 saturated heterocycles. The van der Waals surface area contributed by atoms with Crippen molar-refractivity contribution in [2.75, 3.05) is 13.2 Å². The Morgan fingerprint density at radius 3 is 2.97 bits per heavy atom. The lowest BCUT2D eigenvalue weighted by molar-refractivity contribution is -0.138. The van der Waals surface area contributed by atoms with E-state index in [1.807, 2.05) is 29.2 Å². The van der Waals surface area contributed by atoms with Crippen LogP contribution in [0.1, 0.15) is 43.2 Å². The van der Waals surface area contributed by atoms with E-state index in [0.717, 1.165) is 43.6 Å². The van der Waals surface area contributed by atoms with Crippen LogP contribution in [-0.4, -0.2) is 47.6 Å². The molecule has 0 unspecified atom stereocenters. The second-order valence-corrected chi connectivity index (χ2v) is 9.42. The second-order valence-electron chi connectivity index (χ2n) is 9.42. The van der Waals surface area contributed by atoms with Crippen molar-refractivity contribution in [3.63, 3.8) is 0 Å². The third-order valence-corrected chi connectivity index (χ3v) is 7.64. The molecule has 6 heteroatoms. The first kappa shape index (κ1) is 18.4. The molecular formula is C24H28N2O4. The average molecular weight is 408 g/mol. The Bertz CT molecular complexity index is 922. The predicted molar refractivity (Wildman–Crippen MR) is 110 cm³/mol. The summed E-state index contributed by atoms with van der Waals surface area (Å²) in [7, 11) is 0. The molecule has 158 valence electrons. The first-order valence-corrected chi connectivity index (χ1v) is 11.3. The zero-order valence-electron chi connectivity index (χ0n) is 17.1. The normalized spacial score (nSPS) is 34.2. The summed E-state index contributed by atoms with van der Waals surface area (Å²) < 4.78 is 11.9. The number of carbonyl (C=O) groups is 2. The van der Waals surface area contributed by atoms with Crippen molar-refractivity contribution in [2.45, 2.75) is 62.8 Å². The highest BCUT2D eigenvalue weighted by atomic mass is 16.5. The van der Waals surface area contributed by atoms with Gasteiger partial charge in [0.2, 0.25) is 11.8 Å². The molecule has 4 heterocycles. The van der Waals surface area contributed by atoms with Crippen molar-refractivity contribution >= 4 is 11.8 Å². The van der Waals surface area contributed by atoms with E-state index < -0.39 is 11.5 Å². The van der Waals surface area contributed by atoms with Gasteiger partial charge in [-0.25, -0.2) is 0 Å². The van der Waals surface area contributed by atoms with Crippen LogP contribution in [0.2, 0.25) is 0 Å². The molecule has 4 aliphatic heterocycles. The molecule has 6 rings (SSSR count). The third kappa shape index (κ3) is 2.73. The molecule has 0 aromatic heterocycles. The van der Waals surface area contributed by atoms with Crippen LogP contribution in [0.15, 0.2) is 30.4 Å². The molecule has 4 atom stereocenters. The van der Waals surface area contributed by atoms with E-state index in [2.05, 4.69) is 11.4 Å². The Kier molecular flexibility index (Phi) is 4.20. The number of nitrogens with one attached hydrogen (secondary N) is 1. The van der Waals surface area contributed by atoms with Crippen molar-refractivity contribution in [1.29, 1.82) is 0 Å². The number of likely N-dealkylation sites (tertiary alicyclic amines) is 1. The lowest BCUT2D eigenvalue weighted by Gasteiger charge is -2.27. The molecule has 1 N–H and O–H groups in total. The lowest BCUT2D eigenvalue weighted by Crippen LogP contribution is -2.44. The van der Waals surface area contributed by atoms with E-state index in [9.17, 15) is 9.59 Å². The molecule has 1 aromatic rings.